The summed E-state index contributed by atoms with van der Waals surface area (Å²) in [6.07, 6.45) is 0.440. The molecule has 0 aliphatic carbocycles. The van der Waals surface area contributed by atoms with Crippen LogP contribution in [0.4, 0.5) is 10.8 Å². The lowest BCUT2D eigenvalue weighted by Crippen LogP contribution is -2.07. The predicted molar refractivity (Wildman–Crippen MR) is 86.1 cm³/mol. The van der Waals surface area contributed by atoms with E-state index in [0.717, 1.165) is 21.3 Å². The van der Waals surface area contributed by atoms with E-state index in [1.807, 2.05) is 43.3 Å². The molecule has 0 bridgehead atoms. The van der Waals surface area contributed by atoms with Crippen molar-refractivity contribution in [3.63, 3.8) is 0 Å². The molecular formula is C15H18N4OS. The van der Waals surface area contributed by atoms with Gasteiger partial charge in [-0.1, -0.05) is 23.5 Å². The third-order valence-electron chi connectivity index (χ3n) is 2.92. The summed E-state index contributed by atoms with van der Waals surface area (Å²) in [5.74, 6) is 0.664. The number of ether oxygens (including phenoxy) is 1. The van der Waals surface area contributed by atoms with Gasteiger partial charge in [-0.05, 0) is 17.7 Å². The molecular weight excluding hydrogens is 284 g/mol. The van der Waals surface area contributed by atoms with E-state index in [1.165, 1.54) is 0 Å². The van der Waals surface area contributed by atoms with Crippen molar-refractivity contribution in [3.8, 4) is 11.9 Å². The molecule has 0 amide bonds. The highest BCUT2D eigenvalue weighted by Gasteiger charge is 2.12. The topological polar surface area (TPSA) is 61.2 Å². The highest BCUT2D eigenvalue weighted by molar-refractivity contribution is 7.15. The molecule has 110 valence electrons. The number of aromatic nitrogens is 1. The minimum absolute atomic E-state index is 0.440. The predicted octanol–water partition coefficient (Wildman–Crippen LogP) is 2.90. The highest BCUT2D eigenvalue weighted by atomic mass is 32.1. The molecule has 0 aliphatic rings. The molecule has 0 atom stereocenters. The van der Waals surface area contributed by atoms with Crippen LogP contribution in [0.2, 0.25) is 0 Å². The Bertz CT molecular complexity index is 628. The summed E-state index contributed by atoms with van der Waals surface area (Å²) in [5, 5.41) is 12.9. The third-order valence-corrected chi connectivity index (χ3v) is 4.12. The maximum absolute atomic E-state index is 8.66. The van der Waals surface area contributed by atoms with Crippen molar-refractivity contribution in [2.24, 2.45) is 0 Å². The zero-order valence-corrected chi connectivity index (χ0v) is 13.2. The lowest BCUT2D eigenvalue weighted by molar-refractivity contribution is 0.397. The van der Waals surface area contributed by atoms with Crippen molar-refractivity contribution >= 4 is 22.2 Å². The lowest BCUT2D eigenvalue weighted by Gasteiger charge is -2.06. The lowest BCUT2D eigenvalue weighted by atomic mass is 10.1. The first kappa shape index (κ1) is 15.1. The first-order valence-corrected chi connectivity index (χ1v) is 7.36. The van der Waals surface area contributed by atoms with Gasteiger partial charge in [0.25, 0.3) is 0 Å². The molecule has 0 spiro atoms. The van der Waals surface area contributed by atoms with Gasteiger partial charge in [0.2, 0.25) is 5.88 Å². The molecule has 1 aromatic heterocycles. The summed E-state index contributed by atoms with van der Waals surface area (Å²) >= 11 is 1.61. The van der Waals surface area contributed by atoms with Crippen molar-refractivity contribution in [1.82, 2.24) is 4.98 Å². The largest absolute Gasteiger partial charge is 0.480 e. The molecule has 5 nitrogen and oxygen atoms in total. The molecule has 0 fully saturated rings. The fraction of sp³-hybridized carbons (Fsp3) is 0.333. The summed E-state index contributed by atoms with van der Waals surface area (Å²) in [6.45, 7) is 0.659. The highest BCUT2D eigenvalue weighted by Crippen LogP contribution is 2.30. The van der Waals surface area contributed by atoms with Crippen molar-refractivity contribution < 1.29 is 4.74 Å². The van der Waals surface area contributed by atoms with Crippen LogP contribution in [-0.4, -0.2) is 26.2 Å². The van der Waals surface area contributed by atoms with Crippen LogP contribution in [-0.2, 0) is 13.0 Å². The summed E-state index contributed by atoms with van der Waals surface area (Å²) in [6, 6.07) is 10.0. The van der Waals surface area contributed by atoms with Crippen LogP contribution < -0.4 is 15.0 Å². The SMILES string of the molecule is COc1nc(N(C)C)sc1CNc1ccc(CC#N)cc1. The molecule has 0 saturated heterocycles. The van der Waals surface area contributed by atoms with Crippen LogP contribution in [0.5, 0.6) is 5.88 Å². The summed E-state index contributed by atoms with van der Waals surface area (Å²) < 4.78 is 5.31. The van der Waals surface area contributed by atoms with E-state index in [2.05, 4.69) is 16.4 Å². The van der Waals surface area contributed by atoms with Crippen LogP contribution in [0.3, 0.4) is 0 Å². The van der Waals surface area contributed by atoms with E-state index in [-0.39, 0.29) is 0 Å². The van der Waals surface area contributed by atoms with Gasteiger partial charge in [0, 0.05) is 19.8 Å². The first-order valence-electron chi connectivity index (χ1n) is 6.55. The average molecular weight is 302 g/mol. The zero-order valence-electron chi connectivity index (χ0n) is 12.4. The van der Waals surface area contributed by atoms with Gasteiger partial charge in [-0.2, -0.15) is 10.2 Å². The summed E-state index contributed by atoms with van der Waals surface area (Å²) in [5.41, 5.74) is 2.03. The zero-order chi connectivity index (χ0) is 15.2. The molecule has 1 heterocycles. The fourth-order valence-electron chi connectivity index (χ4n) is 1.80. The van der Waals surface area contributed by atoms with E-state index in [1.54, 1.807) is 18.4 Å². The smallest absolute Gasteiger partial charge is 0.231 e. The normalized spacial score (nSPS) is 10.0. The van der Waals surface area contributed by atoms with Gasteiger partial charge in [-0.25, -0.2) is 0 Å². The summed E-state index contributed by atoms with van der Waals surface area (Å²) in [4.78, 5) is 7.45. The van der Waals surface area contributed by atoms with E-state index >= 15 is 0 Å². The van der Waals surface area contributed by atoms with Crippen LogP contribution in [0.1, 0.15) is 10.4 Å². The van der Waals surface area contributed by atoms with Crippen molar-refractivity contribution in [2.75, 3.05) is 31.4 Å². The van der Waals surface area contributed by atoms with Gasteiger partial charge >= 0.3 is 0 Å². The molecule has 0 aliphatic heterocycles. The maximum Gasteiger partial charge on any atom is 0.231 e. The number of benzene rings is 1. The third kappa shape index (κ3) is 3.86. The molecule has 0 unspecified atom stereocenters. The van der Waals surface area contributed by atoms with Crippen LogP contribution in [0.25, 0.3) is 0 Å². The second-order valence-electron chi connectivity index (χ2n) is 4.71. The molecule has 2 rings (SSSR count). The number of nitrogens with zero attached hydrogens (tertiary/aromatic N) is 3. The van der Waals surface area contributed by atoms with Gasteiger partial charge in [0.05, 0.1) is 31.0 Å². The van der Waals surface area contributed by atoms with E-state index in [9.17, 15) is 0 Å². The molecule has 1 aromatic carbocycles. The Morgan fingerprint density at radius 1 is 1.33 bits per heavy atom. The molecule has 6 heteroatoms. The van der Waals surface area contributed by atoms with Crippen LogP contribution in [0.15, 0.2) is 24.3 Å². The number of anilines is 2. The number of hydrogen-bond acceptors (Lipinski definition) is 6. The van der Waals surface area contributed by atoms with E-state index in [0.29, 0.717) is 18.8 Å². The average Bonchev–Trinajstić information content (AvgIpc) is 2.90. The Hall–Kier alpha value is -2.26. The van der Waals surface area contributed by atoms with Crippen LogP contribution in [0, 0.1) is 11.3 Å². The van der Waals surface area contributed by atoms with E-state index in [4.69, 9.17) is 10.00 Å². The molecule has 21 heavy (non-hydrogen) atoms. The summed E-state index contributed by atoms with van der Waals surface area (Å²) in [7, 11) is 5.56. The van der Waals surface area contributed by atoms with Crippen LogP contribution >= 0.6 is 11.3 Å². The van der Waals surface area contributed by atoms with Gasteiger partial charge in [0.15, 0.2) is 5.13 Å². The quantitative estimate of drug-likeness (QED) is 0.889. The fourth-order valence-corrected chi connectivity index (χ4v) is 2.69. The Kier molecular flexibility index (Phi) is 5.01. The number of methoxy groups -OCH3 is 1. The van der Waals surface area contributed by atoms with Gasteiger partial charge in [-0.3, -0.25) is 0 Å². The molecule has 2 aromatic rings. The Morgan fingerprint density at radius 2 is 2.05 bits per heavy atom. The monoisotopic (exact) mass is 302 g/mol. The number of hydrogen-bond donors (Lipinski definition) is 1. The van der Waals surface area contributed by atoms with Gasteiger partial charge in [-0.15, -0.1) is 0 Å². The van der Waals surface area contributed by atoms with Crippen molar-refractivity contribution in [3.05, 3.63) is 34.7 Å². The number of rotatable bonds is 6. The van der Waals surface area contributed by atoms with Gasteiger partial charge < -0.3 is 15.0 Å². The first-order chi connectivity index (χ1) is 10.1. The minimum Gasteiger partial charge on any atom is -0.480 e. The molecule has 1 N–H and O–H groups in total. The van der Waals surface area contributed by atoms with Crippen molar-refractivity contribution in [1.29, 1.82) is 5.26 Å². The van der Waals surface area contributed by atoms with E-state index < -0.39 is 0 Å². The second-order valence-corrected chi connectivity index (χ2v) is 5.77. The number of thiazole rings is 1. The Morgan fingerprint density at radius 3 is 2.62 bits per heavy atom. The standard InChI is InChI=1S/C15H18N4OS/c1-19(2)15-18-14(20-3)13(21-15)10-17-12-6-4-11(5-7-12)8-9-16/h4-7,17H,8,10H2,1-3H3. The molecule has 0 radical (unpaired) electrons. The maximum atomic E-state index is 8.66. The second kappa shape index (κ2) is 6.95. The Labute approximate surface area is 128 Å². The Balaban J connectivity index is 2.04. The number of nitrogens with one attached hydrogen (secondary N) is 1. The van der Waals surface area contributed by atoms with Gasteiger partial charge in [0.1, 0.15) is 0 Å². The van der Waals surface area contributed by atoms with Crippen molar-refractivity contribution in [2.45, 2.75) is 13.0 Å². The minimum atomic E-state index is 0.440. The molecule has 0 saturated carbocycles. The number of nitriles is 1.